The van der Waals surface area contributed by atoms with Crippen LogP contribution >= 0.6 is 0 Å². The van der Waals surface area contributed by atoms with Gasteiger partial charge >= 0.3 is 0 Å². The zero-order valence-electron chi connectivity index (χ0n) is 30.4. The fourth-order valence-corrected chi connectivity index (χ4v) is 7.63. The van der Waals surface area contributed by atoms with Gasteiger partial charge in [0.2, 0.25) is 5.95 Å². The molecule has 8 rings (SSSR count). The molecule has 10 nitrogen and oxygen atoms in total. The Balaban J connectivity index is 1.06. The lowest BCUT2D eigenvalue weighted by molar-refractivity contribution is 0.102. The minimum Gasteiger partial charge on any atom is -0.494 e. The molecule has 2 fully saturated rings. The van der Waals surface area contributed by atoms with E-state index in [0.717, 1.165) is 42.2 Å². The van der Waals surface area contributed by atoms with E-state index in [0.29, 0.717) is 46.0 Å². The maximum absolute atomic E-state index is 14.3. The lowest BCUT2D eigenvalue weighted by atomic mass is 9.99. The number of benzene rings is 3. The number of methoxy groups -OCH3 is 1. The van der Waals surface area contributed by atoms with Crippen LogP contribution in [0.1, 0.15) is 48.0 Å². The smallest absolute Gasteiger partial charge is 0.255 e. The number of imidazole rings is 1. The number of carbonyl (C=O) groups excluding carboxylic acids is 1. The zero-order valence-corrected chi connectivity index (χ0v) is 30.4. The molecule has 3 aromatic carbocycles. The van der Waals surface area contributed by atoms with E-state index in [2.05, 4.69) is 37.6 Å². The van der Waals surface area contributed by atoms with Gasteiger partial charge in [0.1, 0.15) is 28.7 Å². The number of halogens is 2. The number of carbonyl (C=O) groups is 1. The number of amides is 1. The molecule has 6 aromatic rings. The number of aryl methyl sites for hydroxylation is 1. The number of pyridine rings is 1. The van der Waals surface area contributed by atoms with Crippen molar-refractivity contribution in [1.82, 2.24) is 24.3 Å². The van der Waals surface area contributed by atoms with Crippen molar-refractivity contribution in [3.63, 3.8) is 0 Å². The normalized spacial score (nSPS) is 15.4. The van der Waals surface area contributed by atoms with Crippen LogP contribution in [0.2, 0.25) is 0 Å². The zero-order chi connectivity index (χ0) is 37.2. The predicted octanol–water partition coefficient (Wildman–Crippen LogP) is 8.50. The van der Waals surface area contributed by atoms with Crippen molar-refractivity contribution in [2.24, 2.45) is 0 Å². The van der Waals surface area contributed by atoms with Crippen LogP contribution in [0.4, 0.5) is 31.8 Å². The van der Waals surface area contributed by atoms with E-state index in [9.17, 15) is 13.6 Å². The number of hydrogen-bond acceptors (Lipinski definition) is 8. The number of hydrogen-bond donors (Lipinski definition) is 2. The first kappa shape index (κ1) is 35.2. The predicted molar refractivity (Wildman–Crippen MR) is 208 cm³/mol. The third-order valence-electron chi connectivity index (χ3n) is 10.4. The van der Waals surface area contributed by atoms with Crippen molar-refractivity contribution in [2.45, 2.75) is 45.1 Å². The van der Waals surface area contributed by atoms with Crippen LogP contribution in [-0.4, -0.2) is 69.5 Å². The average Bonchev–Trinajstić information content (AvgIpc) is 3.59. The number of fused-ring (bicyclic) bond motifs is 1. The van der Waals surface area contributed by atoms with Gasteiger partial charge < -0.3 is 25.2 Å². The molecule has 0 unspecified atom stereocenters. The minimum absolute atomic E-state index is 0.210. The molecule has 0 bridgehead atoms. The van der Waals surface area contributed by atoms with E-state index >= 15 is 0 Å². The van der Waals surface area contributed by atoms with Gasteiger partial charge in [-0.1, -0.05) is 24.6 Å². The molecule has 1 amide bonds. The Morgan fingerprint density at radius 1 is 0.870 bits per heavy atom. The quantitative estimate of drug-likeness (QED) is 0.153. The van der Waals surface area contributed by atoms with Crippen molar-refractivity contribution in [3.05, 3.63) is 114 Å². The second kappa shape index (κ2) is 15.2. The van der Waals surface area contributed by atoms with Gasteiger partial charge in [0.15, 0.2) is 0 Å². The molecule has 2 saturated heterocycles. The number of anilines is 4. The number of para-hydroxylation sites is 1. The van der Waals surface area contributed by atoms with Gasteiger partial charge in [0.05, 0.1) is 29.9 Å². The van der Waals surface area contributed by atoms with Gasteiger partial charge in [-0.15, -0.1) is 0 Å². The maximum atomic E-state index is 14.3. The number of ether oxygens (including phenoxy) is 1. The lowest BCUT2D eigenvalue weighted by Gasteiger charge is -2.41. The second-order valence-corrected chi connectivity index (χ2v) is 14.0. The number of piperidine rings is 2. The van der Waals surface area contributed by atoms with Crippen LogP contribution in [0.15, 0.2) is 91.3 Å². The third-order valence-corrected chi connectivity index (χ3v) is 10.4. The molecule has 276 valence electrons. The molecule has 0 aliphatic carbocycles. The number of nitrogens with one attached hydrogen (secondary N) is 2. The Hall–Kier alpha value is -5.88. The lowest BCUT2D eigenvalue weighted by Crippen LogP contribution is -2.46. The summed E-state index contributed by atoms with van der Waals surface area (Å²) < 4.78 is 36.5. The first-order valence-electron chi connectivity index (χ1n) is 18.5. The summed E-state index contributed by atoms with van der Waals surface area (Å²) in [6.45, 7) is 6.48. The van der Waals surface area contributed by atoms with E-state index < -0.39 is 23.2 Å². The molecule has 2 N–H and O–H groups in total. The monoisotopic (exact) mass is 728 g/mol. The van der Waals surface area contributed by atoms with Crippen molar-refractivity contribution in [3.8, 4) is 28.4 Å². The molecule has 0 radical (unpaired) electrons. The van der Waals surface area contributed by atoms with Crippen molar-refractivity contribution < 1.29 is 18.3 Å². The van der Waals surface area contributed by atoms with Crippen molar-refractivity contribution in [2.75, 3.05) is 48.8 Å². The van der Waals surface area contributed by atoms with Gasteiger partial charge in [-0.3, -0.25) is 9.20 Å². The summed E-state index contributed by atoms with van der Waals surface area (Å²) in [7, 11) is 1.66. The van der Waals surface area contributed by atoms with E-state index in [1.165, 1.54) is 51.3 Å². The molecule has 12 heteroatoms. The molecule has 2 aliphatic heterocycles. The fraction of sp³-hybridized carbons (Fsp3) is 0.286. The van der Waals surface area contributed by atoms with E-state index in [1.54, 1.807) is 31.5 Å². The number of nitrogens with zero attached hydrogens (tertiary/aromatic N) is 6. The second-order valence-electron chi connectivity index (χ2n) is 14.0. The molecule has 0 spiro atoms. The van der Waals surface area contributed by atoms with Gasteiger partial charge in [-0.2, -0.15) is 0 Å². The standard InChI is InChI=1S/C42H42F2N8O2/c1-27-15-23-52-37(24-27)48-38(28-8-6-9-29(25-28)41(53)49-39-32(43)10-7-11-33(39)44)40(52)35-14-18-45-42(47-35)46-34-13-12-31(26-36(34)54-2)51-21-16-30(17-22-51)50-19-4-3-5-20-50/h6-15,18,23-26,30H,3-5,16-17,19-22H2,1-2H3,(H,49,53)(H,45,46,47). The molecule has 0 atom stereocenters. The highest BCUT2D eigenvalue weighted by Crippen LogP contribution is 2.36. The number of likely N-dealkylation sites (tertiary alicyclic amines) is 1. The van der Waals surface area contributed by atoms with Crippen LogP contribution in [-0.2, 0) is 0 Å². The Bertz CT molecular complexity index is 2290. The number of aromatic nitrogens is 4. The molecule has 5 heterocycles. The average molecular weight is 729 g/mol. The summed E-state index contributed by atoms with van der Waals surface area (Å²) in [4.78, 5) is 32.8. The van der Waals surface area contributed by atoms with Crippen LogP contribution < -0.4 is 20.3 Å². The van der Waals surface area contributed by atoms with Gasteiger partial charge in [0, 0.05) is 54.4 Å². The van der Waals surface area contributed by atoms with Crippen LogP contribution in [0.3, 0.4) is 0 Å². The number of rotatable bonds is 9. The van der Waals surface area contributed by atoms with Gasteiger partial charge in [-0.05, 0) is 106 Å². The SMILES string of the molecule is COc1cc(N2CCC(N3CCCCC3)CC2)ccc1Nc1nccc(-c2c(-c3cccc(C(=O)Nc4c(F)cccc4F)c3)nc3cc(C)ccn23)n1. The third kappa shape index (κ3) is 7.21. The molecule has 0 saturated carbocycles. The first-order valence-corrected chi connectivity index (χ1v) is 18.5. The molecule has 54 heavy (non-hydrogen) atoms. The Kier molecular flexibility index (Phi) is 9.92. The maximum Gasteiger partial charge on any atom is 0.255 e. The molecule has 2 aliphatic rings. The summed E-state index contributed by atoms with van der Waals surface area (Å²) in [6.07, 6.45) is 9.93. The molecular formula is C42H42F2N8O2. The van der Waals surface area contributed by atoms with E-state index in [4.69, 9.17) is 14.7 Å². The first-order chi connectivity index (χ1) is 26.3. The van der Waals surface area contributed by atoms with Crippen LogP contribution in [0, 0.1) is 18.6 Å². The summed E-state index contributed by atoms with van der Waals surface area (Å²) in [5, 5.41) is 5.73. The van der Waals surface area contributed by atoms with Crippen molar-refractivity contribution >= 4 is 34.6 Å². The minimum atomic E-state index is -0.859. The topological polar surface area (TPSA) is 99.9 Å². The van der Waals surface area contributed by atoms with Gasteiger partial charge in [0.25, 0.3) is 5.91 Å². The van der Waals surface area contributed by atoms with Gasteiger partial charge in [-0.25, -0.2) is 23.7 Å². The van der Waals surface area contributed by atoms with Crippen molar-refractivity contribution in [1.29, 1.82) is 0 Å². The summed E-state index contributed by atoms with van der Waals surface area (Å²) in [5.41, 5.74) is 5.76. The highest BCUT2D eigenvalue weighted by Gasteiger charge is 2.26. The fourth-order valence-electron chi connectivity index (χ4n) is 7.63. The summed E-state index contributed by atoms with van der Waals surface area (Å²) >= 11 is 0. The van der Waals surface area contributed by atoms with E-state index in [-0.39, 0.29) is 5.56 Å². The molecule has 3 aromatic heterocycles. The Labute approximate surface area is 312 Å². The van der Waals surface area contributed by atoms with E-state index in [1.807, 2.05) is 47.9 Å². The molecular weight excluding hydrogens is 687 g/mol. The largest absolute Gasteiger partial charge is 0.494 e. The Morgan fingerprint density at radius 2 is 1.65 bits per heavy atom. The summed E-state index contributed by atoms with van der Waals surface area (Å²) in [5.74, 6) is -1.31. The Morgan fingerprint density at radius 3 is 2.43 bits per heavy atom. The van der Waals surface area contributed by atoms with Crippen LogP contribution in [0.5, 0.6) is 5.75 Å². The highest BCUT2D eigenvalue weighted by atomic mass is 19.1. The highest BCUT2D eigenvalue weighted by molar-refractivity contribution is 6.05. The summed E-state index contributed by atoms with van der Waals surface area (Å²) in [6, 6.07) is 22.8. The van der Waals surface area contributed by atoms with Crippen LogP contribution in [0.25, 0.3) is 28.3 Å².